The summed E-state index contributed by atoms with van der Waals surface area (Å²) in [5, 5.41) is 22.4. The molecule has 7 nitrogen and oxygen atoms in total. The van der Waals surface area contributed by atoms with E-state index in [1.165, 1.54) is 13.1 Å². The minimum Gasteiger partial charge on any atom is -0.410 e. The van der Waals surface area contributed by atoms with E-state index in [2.05, 4.69) is 10.5 Å². The van der Waals surface area contributed by atoms with Gasteiger partial charge in [0.05, 0.1) is 0 Å². The van der Waals surface area contributed by atoms with Gasteiger partial charge < -0.3 is 10.5 Å². The van der Waals surface area contributed by atoms with E-state index in [0.717, 1.165) is 0 Å². The van der Waals surface area contributed by atoms with Crippen LogP contribution in [-0.2, 0) is 4.79 Å². The molecule has 0 aliphatic heterocycles. The predicted molar refractivity (Wildman–Crippen MR) is 37.4 cm³/mol. The number of oxime groups is 1. The number of hydrogen-bond donors (Lipinski definition) is 3. The van der Waals surface area contributed by atoms with Crippen molar-refractivity contribution in [3.63, 3.8) is 0 Å². The number of carbonyl (C=O) groups excluding carboxylic acids is 2. The normalized spacial score (nSPS) is 9.83. The number of imide groups is 1. The molecule has 0 radical (unpaired) electrons. The van der Waals surface area contributed by atoms with E-state index < -0.39 is 17.6 Å². The summed E-state index contributed by atoms with van der Waals surface area (Å²) in [4.78, 5) is 21.2. The molecule has 0 saturated heterocycles. The second-order valence-corrected chi connectivity index (χ2v) is 1.59. The first-order valence-electron chi connectivity index (χ1n) is 2.81. The minimum absolute atomic E-state index is 0.779. The zero-order valence-electron chi connectivity index (χ0n) is 6.16. The summed E-state index contributed by atoms with van der Waals surface area (Å²) in [5.74, 6) is -1.06. The Morgan fingerprint density at radius 1 is 1.58 bits per heavy atom. The average molecular weight is 170 g/mol. The third-order valence-electron chi connectivity index (χ3n) is 0.875. The van der Waals surface area contributed by atoms with Gasteiger partial charge >= 0.3 is 6.03 Å². The van der Waals surface area contributed by atoms with Crippen LogP contribution in [0.2, 0.25) is 0 Å². The Labute approximate surface area is 67.7 Å². The van der Waals surface area contributed by atoms with Gasteiger partial charge in [0.25, 0.3) is 5.91 Å². The van der Waals surface area contributed by atoms with Crippen LogP contribution in [0.25, 0.3) is 0 Å². The van der Waals surface area contributed by atoms with Crippen molar-refractivity contribution in [2.24, 2.45) is 5.16 Å². The van der Waals surface area contributed by atoms with Crippen molar-refractivity contribution in [3.8, 4) is 6.07 Å². The van der Waals surface area contributed by atoms with E-state index in [0.29, 0.717) is 0 Å². The number of hydrogen-bond acceptors (Lipinski definition) is 5. The number of urea groups is 1. The van der Waals surface area contributed by atoms with Crippen LogP contribution >= 0.6 is 0 Å². The van der Waals surface area contributed by atoms with Crippen molar-refractivity contribution in [2.75, 3.05) is 7.05 Å². The van der Waals surface area contributed by atoms with Crippen LogP contribution in [0.5, 0.6) is 0 Å². The summed E-state index contributed by atoms with van der Waals surface area (Å²) in [7, 11) is 1.30. The molecule has 0 atom stereocenters. The maximum atomic E-state index is 10.7. The zero-order valence-corrected chi connectivity index (χ0v) is 6.16. The fraction of sp³-hybridized carbons (Fsp3) is 0.200. The van der Waals surface area contributed by atoms with Crippen LogP contribution in [0.1, 0.15) is 0 Å². The van der Waals surface area contributed by atoms with Gasteiger partial charge in [-0.25, -0.2) is 4.79 Å². The first kappa shape index (κ1) is 9.90. The van der Waals surface area contributed by atoms with Crippen LogP contribution in [0.4, 0.5) is 4.79 Å². The quantitative estimate of drug-likeness (QED) is 0.260. The Morgan fingerprint density at radius 3 is 2.50 bits per heavy atom. The highest BCUT2D eigenvalue weighted by Gasteiger charge is 2.13. The minimum atomic E-state index is -1.06. The Hall–Kier alpha value is -2.10. The molecule has 12 heavy (non-hydrogen) atoms. The number of nitrogens with zero attached hydrogens (tertiary/aromatic N) is 2. The molecular weight excluding hydrogens is 164 g/mol. The SMILES string of the molecule is CNC(=O)NC(=O)C(C#N)=NO. The Morgan fingerprint density at radius 2 is 2.17 bits per heavy atom. The van der Waals surface area contributed by atoms with Gasteiger partial charge in [-0.1, -0.05) is 5.16 Å². The number of nitrogens with one attached hydrogen (secondary N) is 2. The molecule has 0 aromatic rings. The largest absolute Gasteiger partial charge is 0.410 e. The highest BCUT2D eigenvalue weighted by Crippen LogP contribution is 1.75. The molecule has 0 aromatic carbocycles. The Bertz CT molecular complexity index is 264. The highest BCUT2D eigenvalue weighted by atomic mass is 16.4. The summed E-state index contributed by atoms with van der Waals surface area (Å²) < 4.78 is 0. The Kier molecular flexibility index (Phi) is 3.86. The van der Waals surface area contributed by atoms with E-state index >= 15 is 0 Å². The molecule has 64 valence electrons. The van der Waals surface area contributed by atoms with E-state index in [-0.39, 0.29) is 0 Å². The smallest absolute Gasteiger partial charge is 0.321 e. The van der Waals surface area contributed by atoms with E-state index in [1.807, 2.05) is 0 Å². The fourth-order valence-corrected chi connectivity index (χ4v) is 0.343. The van der Waals surface area contributed by atoms with Crippen molar-refractivity contribution < 1.29 is 14.8 Å². The molecule has 0 bridgehead atoms. The van der Waals surface area contributed by atoms with Crippen molar-refractivity contribution >= 4 is 17.6 Å². The first-order chi connectivity index (χ1) is 5.65. The number of nitriles is 1. The second-order valence-electron chi connectivity index (χ2n) is 1.59. The average Bonchev–Trinajstić information content (AvgIpc) is 2.06. The third kappa shape index (κ3) is 2.66. The number of rotatable bonds is 1. The lowest BCUT2D eigenvalue weighted by molar-refractivity contribution is -0.113. The van der Waals surface area contributed by atoms with Gasteiger partial charge in [0, 0.05) is 7.05 Å². The van der Waals surface area contributed by atoms with Crippen LogP contribution < -0.4 is 10.6 Å². The van der Waals surface area contributed by atoms with Gasteiger partial charge in [-0.2, -0.15) is 5.26 Å². The zero-order chi connectivity index (χ0) is 9.56. The molecule has 3 amide bonds. The second kappa shape index (κ2) is 4.68. The van der Waals surface area contributed by atoms with Gasteiger partial charge in [0.2, 0.25) is 5.71 Å². The predicted octanol–water partition coefficient (Wildman–Crippen LogP) is -1.20. The first-order valence-corrected chi connectivity index (χ1v) is 2.81. The van der Waals surface area contributed by atoms with Crippen LogP contribution in [0.15, 0.2) is 5.16 Å². The molecule has 0 aliphatic carbocycles. The molecular formula is C5H6N4O3. The van der Waals surface area contributed by atoms with Gasteiger partial charge in [-0.15, -0.1) is 0 Å². The van der Waals surface area contributed by atoms with Crippen LogP contribution in [-0.4, -0.2) is 29.9 Å². The van der Waals surface area contributed by atoms with E-state index in [4.69, 9.17) is 10.5 Å². The number of amides is 3. The van der Waals surface area contributed by atoms with Gasteiger partial charge in [-0.05, 0) is 0 Å². The molecule has 0 rings (SSSR count). The molecule has 0 heterocycles. The molecule has 3 N–H and O–H groups in total. The summed E-state index contributed by atoms with van der Waals surface area (Å²) in [5.41, 5.74) is -0.779. The molecule has 0 saturated carbocycles. The molecule has 0 unspecified atom stereocenters. The topological polar surface area (TPSA) is 115 Å². The van der Waals surface area contributed by atoms with Crippen molar-refractivity contribution in [1.82, 2.24) is 10.6 Å². The van der Waals surface area contributed by atoms with Crippen molar-refractivity contribution in [2.45, 2.75) is 0 Å². The van der Waals surface area contributed by atoms with Crippen molar-refractivity contribution in [1.29, 1.82) is 5.26 Å². The van der Waals surface area contributed by atoms with Gasteiger partial charge in [0.1, 0.15) is 6.07 Å². The van der Waals surface area contributed by atoms with Crippen molar-refractivity contribution in [3.05, 3.63) is 0 Å². The monoisotopic (exact) mass is 170 g/mol. The molecule has 0 aliphatic rings. The Balaban J connectivity index is 4.25. The molecule has 0 spiro atoms. The summed E-state index contributed by atoms with van der Waals surface area (Å²) in [6.45, 7) is 0. The summed E-state index contributed by atoms with van der Waals surface area (Å²) in [6.07, 6.45) is 0. The standard InChI is InChI=1S/C5H6N4O3/c1-7-5(11)8-4(10)3(2-6)9-12/h12H,1H3,(H2,7,8,10,11). The third-order valence-corrected chi connectivity index (χ3v) is 0.875. The maximum Gasteiger partial charge on any atom is 0.321 e. The molecule has 0 aromatic heterocycles. The lowest BCUT2D eigenvalue weighted by Crippen LogP contribution is -2.40. The summed E-state index contributed by atoms with van der Waals surface area (Å²) in [6, 6.07) is 0.508. The summed E-state index contributed by atoms with van der Waals surface area (Å²) >= 11 is 0. The number of carbonyl (C=O) groups is 2. The molecule has 7 heteroatoms. The van der Waals surface area contributed by atoms with E-state index in [1.54, 1.807) is 5.32 Å². The van der Waals surface area contributed by atoms with Crippen LogP contribution in [0.3, 0.4) is 0 Å². The highest BCUT2D eigenvalue weighted by molar-refractivity contribution is 6.46. The van der Waals surface area contributed by atoms with E-state index in [9.17, 15) is 9.59 Å². The van der Waals surface area contributed by atoms with Crippen LogP contribution in [0, 0.1) is 11.3 Å². The molecule has 0 fully saturated rings. The fourth-order valence-electron chi connectivity index (χ4n) is 0.343. The lowest BCUT2D eigenvalue weighted by atomic mass is 10.4. The van der Waals surface area contributed by atoms with Gasteiger partial charge in [0.15, 0.2) is 0 Å². The lowest BCUT2D eigenvalue weighted by Gasteiger charge is -1.98. The maximum absolute atomic E-state index is 10.7. The van der Waals surface area contributed by atoms with Gasteiger partial charge in [-0.3, -0.25) is 10.1 Å².